The molecule has 0 unspecified atom stereocenters. The van der Waals surface area contributed by atoms with Gasteiger partial charge in [-0.2, -0.15) is 4.31 Å². The number of anilines is 3. The number of sulfonamides is 1. The maximum atomic E-state index is 13.1. The molecular formula is C25H27N5O3S. The van der Waals surface area contributed by atoms with Crippen LogP contribution in [0.5, 0.6) is 0 Å². The van der Waals surface area contributed by atoms with Crippen LogP contribution in [0.25, 0.3) is 11.3 Å². The zero-order valence-electron chi connectivity index (χ0n) is 19.0. The predicted molar refractivity (Wildman–Crippen MR) is 131 cm³/mol. The number of amides is 1. The van der Waals surface area contributed by atoms with Crippen LogP contribution in [-0.4, -0.2) is 41.7 Å². The first-order chi connectivity index (χ1) is 16.4. The lowest BCUT2D eigenvalue weighted by Gasteiger charge is -2.21. The largest absolute Gasteiger partial charge is 0.325 e. The summed E-state index contributed by atoms with van der Waals surface area (Å²) < 4.78 is 27.9. The normalized spacial score (nSPS) is 15.3. The van der Waals surface area contributed by atoms with E-state index >= 15 is 0 Å². The Balaban J connectivity index is 1.38. The first kappa shape index (κ1) is 22.5. The number of fused-ring (bicyclic) bond motifs is 3. The summed E-state index contributed by atoms with van der Waals surface area (Å²) >= 11 is 0. The standard InChI is InChI=1S/C25H27N5O3S/c1-2-13-30(16-17-7-8-17)34(32,33)20-11-9-19(10-12-20)27-25-26-15-18-14-23(31)28-22-6-4-3-5-21(22)24(18)29-25/h3-6,9-12,15,17H,2,7-8,13-14,16H2,1H3,(H,28,31)(H,26,27,29). The van der Waals surface area contributed by atoms with Crippen molar-refractivity contribution in [3.8, 4) is 11.3 Å². The summed E-state index contributed by atoms with van der Waals surface area (Å²) in [6, 6.07) is 14.2. The van der Waals surface area contributed by atoms with Crippen LogP contribution in [0.1, 0.15) is 31.7 Å². The molecule has 1 amide bonds. The fraction of sp³-hybridized carbons (Fsp3) is 0.320. The summed E-state index contributed by atoms with van der Waals surface area (Å²) in [7, 11) is -3.53. The minimum absolute atomic E-state index is 0.105. The number of rotatable bonds is 8. The van der Waals surface area contributed by atoms with E-state index in [1.807, 2.05) is 31.2 Å². The third kappa shape index (κ3) is 4.67. The minimum Gasteiger partial charge on any atom is -0.325 e. The summed E-state index contributed by atoms with van der Waals surface area (Å²) in [5, 5.41) is 6.06. The molecule has 0 saturated heterocycles. The molecule has 2 aromatic carbocycles. The molecule has 3 aromatic rings. The second kappa shape index (κ2) is 9.15. The van der Waals surface area contributed by atoms with Gasteiger partial charge in [0.25, 0.3) is 0 Å². The van der Waals surface area contributed by atoms with E-state index in [-0.39, 0.29) is 17.2 Å². The maximum absolute atomic E-state index is 13.1. The topological polar surface area (TPSA) is 104 Å². The molecule has 0 bridgehead atoms. The molecule has 9 heteroatoms. The zero-order chi connectivity index (χ0) is 23.7. The molecule has 0 atom stereocenters. The molecule has 1 aromatic heterocycles. The predicted octanol–water partition coefficient (Wildman–Crippen LogP) is 4.19. The van der Waals surface area contributed by atoms with Gasteiger partial charge in [0.1, 0.15) is 0 Å². The first-order valence-corrected chi connectivity index (χ1v) is 13.0. The smallest absolute Gasteiger partial charge is 0.243 e. The molecule has 0 spiro atoms. The van der Waals surface area contributed by atoms with Gasteiger partial charge in [-0.1, -0.05) is 25.1 Å². The Morgan fingerprint density at radius 1 is 1.12 bits per heavy atom. The summed E-state index contributed by atoms with van der Waals surface area (Å²) in [5.41, 5.74) is 3.68. The van der Waals surface area contributed by atoms with Gasteiger partial charge in [-0.05, 0) is 55.5 Å². The zero-order valence-corrected chi connectivity index (χ0v) is 19.8. The van der Waals surface area contributed by atoms with E-state index in [9.17, 15) is 13.2 Å². The number of carbonyl (C=O) groups excluding carboxylic acids is 1. The van der Waals surface area contributed by atoms with E-state index in [2.05, 4.69) is 20.6 Å². The van der Waals surface area contributed by atoms with Crippen molar-refractivity contribution >= 4 is 33.3 Å². The van der Waals surface area contributed by atoms with E-state index < -0.39 is 10.0 Å². The fourth-order valence-corrected chi connectivity index (χ4v) is 5.74. The van der Waals surface area contributed by atoms with Gasteiger partial charge in [0.15, 0.2) is 0 Å². The van der Waals surface area contributed by atoms with Gasteiger partial charge in [0, 0.05) is 36.1 Å². The number of nitrogens with one attached hydrogen (secondary N) is 2. The van der Waals surface area contributed by atoms with E-state index in [1.165, 1.54) is 0 Å². The second-order valence-corrected chi connectivity index (χ2v) is 10.7. The monoisotopic (exact) mass is 477 g/mol. The van der Waals surface area contributed by atoms with E-state index in [1.54, 1.807) is 34.8 Å². The van der Waals surface area contributed by atoms with Crippen molar-refractivity contribution in [1.29, 1.82) is 0 Å². The quantitative estimate of drug-likeness (QED) is 0.504. The van der Waals surface area contributed by atoms with E-state index in [4.69, 9.17) is 0 Å². The summed E-state index contributed by atoms with van der Waals surface area (Å²) in [6.07, 6.45) is 4.85. The number of nitrogens with zero attached hydrogens (tertiary/aromatic N) is 3. The average molecular weight is 478 g/mol. The molecule has 1 fully saturated rings. The maximum Gasteiger partial charge on any atom is 0.243 e. The number of para-hydroxylation sites is 1. The highest BCUT2D eigenvalue weighted by atomic mass is 32.2. The minimum atomic E-state index is -3.53. The van der Waals surface area contributed by atoms with Crippen molar-refractivity contribution in [2.75, 3.05) is 23.7 Å². The third-order valence-corrected chi connectivity index (χ3v) is 7.93. The second-order valence-electron chi connectivity index (χ2n) is 8.79. The molecule has 8 nitrogen and oxygen atoms in total. The number of hydrogen-bond acceptors (Lipinski definition) is 6. The van der Waals surface area contributed by atoms with Crippen molar-refractivity contribution in [3.05, 3.63) is 60.3 Å². The molecule has 1 aliphatic heterocycles. The lowest BCUT2D eigenvalue weighted by Crippen LogP contribution is -2.33. The van der Waals surface area contributed by atoms with Crippen molar-refractivity contribution in [3.63, 3.8) is 0 Å². The fourth-order valence-electron chi connectivity index (χ4n) is 4.13. The molecule has 2 aliphatic rings. The van der Waals surface area contributed by atoms with Gasteiger partial charge in [-0.15, -0.1) is 0 Å². The van der Waals surface area contributed by atoms with Crippen molar-refractivity contribution in [2.24, 2.45) is 5.92 Å². The van der Waals surface area contributed by atoms with Gasteiger partial charge in [0.05, 0.1) is 22.7 Å². The Morgan fingerprint density at radius 2 is 1.88 bits per heavy atom. The Labute approximate surface area is 199 Å². The summed E-state index contributed by atoms with van der Waals surface area (Å²) in [4.78, 5) is 21.5. The van der Waals surface area contributed by atoms with Crippen molar-refractivity contribution < 1.29 is 13.2 Å². The number of aromatic nitrogens is 2. The number of carbonyl (C=O) groups is 1. The molecule has 1 saturated carbocycles. The highest BCUT2D eigenvalue weighted by Crippen LogP contribution is 2.34. The van der Waals surface area contributed by atoms with Crippen LogP contribution in [0, 0.1) is 5.92 Å². The van der Waals surface area contributed by atoms with Gasteiger partial charge >= 0.3 is 0 Å². The highest BCUT2D eigenvalue weighted by Gasteiger charge is 2.31. The Morgan fingerprint density at radius 3 is 2.62 bits per heavy atom. The average Bonchev–Trinajstić information content (AvgIpc) is 3.65. The molecule has 2 heterocycles. The molecule has 1 aliphatic carbocycles. The molecule has 0 radical (unpaired) electrons. The Kier molecular flexibility index (Phi) is 6.05. The molecule has 34 heavy (non-hydrogen) atoms. The highest BCUT2D eigenvalue weighted by molar-refractivity contribution is 7.89. The van der Waals surface area contributed by atoms with Gasteiger partial charge in [-0.25, -0.2) is 18.4 Å². The van der Waals surface area contributed by atoms with Crippen LogP contribution >= 0.6 is 0 Å². The van der Waals surface area contributed by atoms with E-state index in [0.29, 0.717) is 42.0 Å². The van der Waals surface area contributed by atoms with Crippen LogP contribution in [0.3, 0.4) is 0 Å². The number of benzene rings is 2. The lowest BCUT2D eigenvalue weighted by atomic mass is 10.1. The van der Waals surface area contributed by atoms with Crippen molar-refractivity contribution in [1.82, 2.24) is 14.3 Å². The summed E-state index contributed by atoms with van der Waals surface area (Å²) in [5.74, 6) is 0.759. The van der Waals surface area contributed by atoms with Crippen LogP contribution in [0.2, 0.25) is 0 Å². The SMILES string of the molecule is CCCN(CC1CC1)S(=O)(=O)c1ccc(Nc2ncc3c(n2)-c2ccccc2NC(=O)C3)cc1. The first-order valence-electron chi connectivity index (χ1n) is 11.6. The van der Waals surface area contributed by atoms with Crippen molar-refractivity contribution in [2.45, 2.75) is 37.5 Å². The molecule has 2 N–H and O–H groups in total. The molecule has 5 rings (SSSR count). The van der Waals surface area contributed by atoms with Gasteiger partial charge in [0.2, 0.25) is 21.9 Å². The molecular weight excluding hydrogens is 450 g/mol. The van der Waals surface area contributed by atoms with Crippen LogP contribution in [-0.2, 0) is 21.2 Å². The Bertz CT molecular complexity index is 1320. The van der Waals surface area contributed by atoms with Crippen LogP contribution in [0.4, 0.5) is 17.3 Å². The van der Waals surface area contributed by atoms with Gasteiger partial charge < -0.3 is 10.6 Å². The van der Waals surface area contributed by atoms with Crippen LogP contribution in [0.15, 0.2) is 59.6 Å². The lowest BCUT2D eigenvalue weighted by molar-refractivity contribution is -0.115. The molecule has 176 valence electrons. The van der Waals surface area contributed by atoms with Gasteiger partial charge in [-0.3, -0.25) is 4.79 Å². The Hall–Kier alpha value is -3.30. The van der Waals surface area contributed by atoms with Crippen LogP contribution < -0.4 is 10.6 Å². The summed E-state index contributed by atoms with van der Waals surface area (Å²) in [6.45, 7) is 3.12. The van der Waals surface area contributed by atoms with E-state index in [0.717, 1.165) is 30.4 Å². The third-order valence-electron chi connectivity index (χ3n) is 6.05. The number of hydrogen-bond donors (Lipinski definition) is 2.